The third-order valence-electron chi connectivity index (χ3n) is 1.39. The smallest absolute Gasteiger partial charge is 0.0752 e. The van der Waals surface area contributed by atoms with Crippen molar-refractivity contribution < 1.29 is 5.11 Å². The van der Waals surface area contributed by atoms with Crippen LogP contribution in [0.3, 0.4) is 0 Å². The van der Waals surface area contributed by atoms with Crippen molar-refractivity contribution in [3.63, 3.8) is 0 Å². The first kappa shape index (κ1) is 8.34. The molecule has 0 aliphatic carbocycles. The largest absolute Gasteiger partial charge is 0.516 e. The molecule has 0 spiro atoms. The lowest BCUT2D eigenvalue weighted by Gasteiger charge is -2.18. The molecule has 10 heavy (non-hydrogen) atoms. The van der Waals surface area contributed by atoms with Crippen LogP contribution >= 0.6 is 23.5 Å². The Morgan fingerprint density at radius 2 is 2.40 bits per heavy atom. The van der Waals surface area contributed by atoms with Gasteiger partial charge in [-0.1, -0.05) is 0 Å². The van der Waals surface area contributed by atoms with E-state index in [0.717, 1.165) is 17.9 Å². The molecule has 1 N–H and O–H groups in total. The van der Waals surface area contributed by atoms with Crippen LogP contribution in [-0.2, 0) is 0 Å². The van der Waals surface area contributed by atoms with Gasteiger partial charge in [-0.3, -0.25) is 0 Å². The van der Waals surface area contributed by atoms with Crippen LogP contribution in [0.5, 0.6) is 0 Å². The summed E-state index contributed by atoms with van der Waals surface area (Å²) >= 11 is 4.04. The van der Waals surface area contributed by atoms with Gasteiger partial charge in [-0.2, -0.15) is 23.5 Å². The number of rotatable bonds is 2. The Morgan fingerprint density at radius 1 is 1.50 bits per heavy atom. The Hall–Kier alpha value is 0.240. The molecule has 1 aliphatic heterocycles. The molecule has 0 bridgehead atoms. The molecular formula is C7H12OS2. The van der Waals surface area contributed by atoms with E-state index in [1.54, 1.807) is 0 Å². The van der Waals surface area contributed by atoms with E-state index >= 15 is 0 Å². The zero-order valence-corrected chi connectivity index (χ0v) is 7.46. The third kappa shape index (κ3) is 2.88. The van der Waals surface area contributed by atoms with Crippen molar-refractivity contribution in [2.75, 3.05) is 17.3 Å². The van der Waals surface area contributed by atoms with Gasteiger partial charge in [0.05, 0.1) is 6.26 Å². The monoisotopic (exact) mass is 176 g/mol. The average molecular weight is 176 g/mol. The molecule has 58 valence electrons. The fraction of sp³-hybridized carbons (Fsp3) is 0.714. The summed E-state index contributed by atoms with van der Waals surface area (Å²) in [5, 5.41) is 9.14. The molecule has 1 nitrogen and oxygen atoms in total. The number of hydrogen-bond donors (Lipinski definition) is 1. The summed E-state index contributed by atoms with van der Waals surface area (Å²) < 4.78 is 0. The summed E-state index contributed by atoms with van der Waals surface area (Å²) in [7, 11) is 0. The zero-order chi connectivity index (χ0) is 7.23. The lowest BCUT2D eigenvalue weighted by Crippen LogP contribution is -2.12. The predicted octanol–water partition coefficient (Wildman–Crippen LogP) is 2.30. The number of thioether (sulfide) groups is 2. The Labute approximate surface area is 70.3 Å². The predicted molar refractivity (Wildman–Crippen MR) is 50.0 cm³/mol. The van der Waals surface area contributed by atoms with Crippen molar-refractivity contribution in [2.24, 2.45) is 0 Å². The van der Waals surface area contributed by atoms with Crippen molar-refractivity contribution in [3.05, 3.63) is 12.3 Å². The lowest BCUT2D eigenvalue weighted by molar-refractivity contribution is 0.470. The molecule has 1 unspecified atom stereocenters. The Morgan fingerprint density at radius 3 is 3.00 bits per heavy atom. The van der Waals surface area contributed by atoms with E-state index in [-0.39, 0.29) is 0 Å². The molecule has 0 aromatic rings. The average Bonchev–Trinajstić information content (AvgIpc) is 2.03. The van der Waals surface area contributed by atoms with E-state index in [1.807, 2.05) is 29.6 Å². The summed E-state index contributed by atoms with van der Waals surface area (Å²) in [6, 6.07) is 0. The van der Waals surface area contributed by atoms with Gasteiger partial charge < -0.3 is 5.11 Å². The van der Waals surface area contributed by atoms with Crippen LogP contribution in [0.4, 0.5) is 0 Å². The Bertz CT molecular complexity index is 108. The van der Waals surface area contributed by atoms with Crippen LogP contribution in [0.15, 0.2) is 12.3 Å². The van der Waals surface area contributed by atoms with E-state index in [4.69, 9.17) is 5.11 Å². The molecule has 0 amide bonds. The maximum Gasteiger partial charge on any atom is 0.0752 e. The van der Waals surface area contributed by atoms with Crippen molar-refractivity contribution in [1.29, 1.82) is 0 Å². The third-order valence-corrected chi connectivity index (χ3v) is 4.26. The van der Waals surface area contributed by atoms with Gasteiger partial charge in [-0.05, 0) is 12.5 Å². The molecule has 0 aromatic carbocycles. The fourth-order valence-corrected chi connectivity index (χ4v) is 3.56. The first-order valence-corrected chi connectivity index (χ1v) is 5.62. The van der Waals surface area contributed by atoms with Crippen molar-refractivity contribution >= 4 is 23.5 Å². The van der Waals surface area contributed by atoms with Crippen LogP contribution in [-0.4, -0.2) is 27.6 Å². The topological polar surface area (TPSA) is 20.2 Å². The minimum absolute atomic E-state index is 0.738. The highest BCUT2D eigenvalue weighted by Gasteiger charge is 2.11. The molecular weight excluding hydrogens is 164 g/mol. The van der Waals surface area contributed by atoms with Gasteiger partial charge in [-0.15, -0.1) is 0 Å². The second-order valence-corrected chi connectivity index (χ2v) is 4.75. The van der Waals surface area contributed by atoms with Gasteiger partial charge in [0.25, 0.3) is 0 Å². The highest BCUT2D eigenvalue weighted by molar-refractivity contribution is 8.06. The van der Waals surface area contributed by atoms with E-state index in [0.29, 0.717) is 0 Å². The van der Waals surface area contributed by atoms with Crippen molar-refractivity contribution in [1.82, 2.24) is 0 Å². The summed E-state index contributed by atoms with van der Waals surface area (Å²) in [6.07, 6.45) is 4.01. The van der Waals surface area contributed by atoms with Crippen LogP contribution in [0.1, 0.15) is 6.42 Å². The zero-order valence-electron chi connectivity index (χ0n) is 5.82. The number of hydrogen-bond acceptors (Lipinski definition) is 3. The van der Waals surface area contributed by atoms with Gasteiger partial charge in [-0.25, -0.2) is 0 Å². The van der Waals surface area contributed by atoms with Crippen molar-refractivity contribution in [2.45, 2.75) is 11.7 Å². The summed E-state index contributed by atoms with van der Waals surface area (Å²) in [5.41, 5.74) is 0. The van der Waals surface area contributed by atoms with E-state index in [2.05, 4.69) is 0 Å². The van der Waals surface area contributed by atoms with E-state index in [9.17, 15) is 0 Å². The van der Waals surface area contributed by atoms with Crippen LogP contribution in [0, 0.1) is 0 Å². The maximum atomic E-state index is 8.40. The molecule has 1 heterocycles. The van der Waals surface area contributed by atoms with Gasteiger partial charge >= 0.3 is 0 Å². The van der Waals surface area contributed by atoms with Crippen LogP contribution < -0.4 is 0 Å². The minimum Gasteiger partial charge on any atom is -0.516 e. The second-order valence-electron chi connectivity index (χ2n) is 2.19. The summed E-state index contributed by atoms with van der Waals surface area (Å²) in [6.45, 7) is 0. The highest BCUT2D eigenvalue weighted by atomic mass is 32.2. The highest BCUT2D eigenvalue weighted by Crippen LogP contribution is 2.26. The number of allylic oxidation sites excluding steroid dienone is 1. The number of aliphatic hydroxyl groups is 1. The first-order chi connectivity index (χ1) is 4.93. The molecule has 0 radical (unpaired) electrons. The van der Waals surface area contributed by atoms with Crippen molar-refractivity contribution in [3.8, 4) is 0 Å². The quantitative estimate of drug-likeness (QED) is 0.652. The van der Waals surface area contributed by atoms with Crippen LogP contribution in [0.25, 0.3) is 0 Å². The van der Waals surface area contributed by atoms with E-state index in [1.165, 1.54) is 17.3 Å². The number of aliphatic hydroxyl groups excluding tert-OH is 1. The summed E-state index contributed by atoms with van der Waals surface area (Å²) in [5.74, 6) is 3.81. The Balaban J connectivity index is 2.13. The molecule has 1 rings (SSSR count). The second kappa shape index (κ2) is 4.97. The van der Waals surface area contributed by atoms with E-state index < -0.39 is 0 Å². The molecule has 0 aromatic heterocycles. The Kier molecular flexibility index (Phi) is 4.14. The molecule has 1 atom stereocenters. The molecule has 1 fully saturated rings. The first-order valence-electron chi connectivity index (χ1n) is 3.42. The fourth-order valence-electron chi connectivity index (χ4n) is 0.885. The SMILES string of the molecule is O/C=C/CC1CSCCS1. The van der Waals surface area contributed by atoms with Gasteiger partial charge in [0.2, 0.25) is 0 Å². The molecule has 0 saturated carbocycles. The maximum absolute atomic E-state index is 8.40. The van der Waals surface area contributed by atoms with Gasteiger partial charge in [0.15, 0.2) is 0 Å². The molecule has 1 saturated heterocycles. The lowest BCUT2D eigenvalue weighted by atomic mass is 10.3. The standard InChI is InChI=1S/C7H12OS2/c8-3-1-2-7-6-9-4-5-10-7/h1,3,7-8H,2,4-6H2/b3-1+. The van der Waals surface area contributed by atoms with Gasteiger partial charge in [0, 0.05) is 22.5 Å². The van der Waals surface area contributed by atoms with Gasteiger partial charge in [0.1, 0.15) is 0 Å². The van der Waals surface area contributed by atoms with Crippen LogP contribution in [0.2, 0.25) is 0 Å². The summed E-state index contributed by atoms with van der Waals surface area (Å²) in [4.78, 5) is 0. The minimum atomic E-state index is 0.738. The normalized spacial score (nSPS) is 27.4. The molecule has 3 heteroatoms. The molecule has 1 aliphatic rings.